The third-order valence-electron chi connectivity index (χ3n) is 8.23. The first kappa shape index (κ1) is 32.8. The number of hydrogen-bond acceptors (Lipinski definition) is 0. The van der Waals surface area contributed by atoms with E-state index in [4.69, 9.17) is 0 Å². The van der Waals surface area contributed by atoms with Gasteiger partial charge in [-0.25, -0.2) is 0 Å². The van der Waals surface area contributed by atoms with Crippen molar-refractivity contribution >= 4 is 0 Å². The summed E-state index contributed by atoms with van der Waals surface area (Å²) >= 11 is 0. The topological polar surface area (TPSA) is 31.6 Å². The summed E-state index contributed by atoms with van der Waals surface area (Å²) in [6.45, 7) is 18.6. The maximum atomic E-state index is 3.92. The summed E-state index contributed by atoms with van der Waals surface area (Å²) < 4.78 is 0. The molecular formula is C36H64N2. The van der Waals surface area contributed by atoms with Crippen LogP contribution in [0.15, 0.2) is 12.1 Å². The molecule has 2 heterocycles. The highest BCUT2D eigenvalue weighted by Crippen LogP contribution is 2.35. The van der Waals surface area contributed by atoms with Crippen LogP contribution in [-0.4, -0.2) is 9.97 Å². The Labute approximate surface area is 237 Å². The van der Waals surface area contributed by atoms with Gasteiger partial charge in [-0.3, -0.25) is 0 Å². The average Bonchev–Trinajstić information content (AvgIpc) is 3.47. The third kappa shape index (κ3) is 11.4. The quantitative estimate of drug-likeness (QED) is 0.171. The number of aryl methyl sites for hydroxylation is 2. The lowest BCUT2D eigenvalue weighted by Crippen LogP contribution is -2.14. The summed E-state index contributed by atoms with van der Waals surface area (Å²) in [6.07, 6.45) is 24.4. The highest BCUT2D eigenvalue weighted by molar-refractivity contribution is 5.64. The molecule has 0 radical (unpaired) electrons. The molecule has 2 N–H and O–H groups in total. The molecule has 0 unspecified atom stereocenters. The van der Waals surface area contributed by atoms with Crippen molar-refractivity contribution in [3.8, 4) is 11.4 Å². The first-order valence-electron chi connectivity index (χ1n) is 16.5. The Morgan fingerprint density at radius 1 is 0.500 bits per heavy atom. The van der Waals surface area contributed by atoms with E-state index in [9.17, 15) is 0 Å². The van der Waals surface area contributed by atoms with Crippen LogP contribution in [0.3, 0.4) is 0 Å². The molecule has 0 amide bonds. The van der Waals surface area contributed by atoms with E-state index in [0.29, 0.717) is 0 Å². The minimum absolute atomic E-state index is 0.130. The molecule has 38 heavy (non-hydrogen) atoms. The summed E-state index contributed by atoms with van der Waals surface area (Å²) in [5.74, 6) is 0. The van der Waals surface area contributed by atoms with Gasteiger partial charge in [0.25, 0.3) is 0 Å². The standard InChI is InChI=1S/C36H64N2/c1-9-11-13-15-17-19-21-23-25-29-28-32(35(3,4)5)38-33(29)31-27-30(34(37-31)36(6,7)8)26-24-22-20-18-16-14-12-10-2/h27-28,37-38H,9-26H2,1-8H3. The van der Waals surface area contributed by atoms with Crippen LogP contribution in [0, 0.1) is 0 Å². The highest BCUT2D eigenvalue weighted by atomic mass is 14.8. The molecule has 0 saturated carbocycles. The third-order valence-corrected chi connectivity index (χ3v) is 8.23. The van der Waals surface area contributed by atoms with Gasteiger partial charge < -0.3 is 9.97 Å². The van der Waals surface area contributed by atoms with Crippen LogP contribution >= 0.6 is 0 Å². The van der Waals surface area contributed by atoms with Crippen LogP contribution in [0.5, 0.6) is 0 Å². The number of rotatable bonds is 19. The molecule has 0 atom stereocenters. The van der Waals surface area contributed by atoms with Crippen molar-refractivity contribution in [2.24, 2.45) is 0 Å². The minimum Gasteiger partial charge on any atom is -0.357 e. The van der Waals surface area contributed by atoms with Crippen LogP contribution in [-0.2, 0) is 23.7 Å². The molecule has 0 fully saturated rings. The molecular weight excluding hydrogens is 460 g/mol. The lowest BCUT2D eigenvalue weighted by atomic mass is 9.88. The Kier molecular flexibility index (Phi) is 14.3. The van der Waals surface area contributed by atoms with Crippen molar-refractivity contribution in [2.75, 3.05) is 0 Å². The Balaban J connectivity index is 2.08. The summed E-state index contributed by atoms with van der Waals surface area (Å²) in [5.41, 5.74) is 8.72. The molecule has 218 valence electrons. The summed E-state index contributed by atoms with van der Waals surface area (Å²) in [5, 5.41) is 0. The summed E-state index contributed by atoms with van der Waals surface area (Å²) in [6, 6.07) is 4.95. The largest absolute Gasteiger partial charge is 0.357 e. The number of aromatic nitrogens is 2. The fourth-order valence-corrected chi connectivity index (χ4v) is 5.74. The van der Waals surface area contributed by atoms with Gasteiger partial charge in [-0.15, -0.1) is 0 Å². The molecule has 2 rings (SSSR count). The minimum atomic E-state index is 0.130. The zero-order chi connectivity index (χ0) is 28.0. The van der Waals surface area contributed by atoms with Crippen molar-refractivity contribution in [2.45, 2.75) is 182 Å². The Hall–Kier alpha value is -1.44. The average molecular weight is 525 g/mol. The first-order chi connectivity index (χ1) is 18.1. The molecule has 0 saturated heterocycles. The number of aromatic amines is 2. The normalized spacial score (nSPS) is 12.5. The second-order valence-corrected chi connectivity index (χ2v) is 14.1. The molecule has 2 nitrogen and oxygen atoms in total. The van der Waals surface area contributed by atoms with E-state index in [-0.39, 0.29) is 10.8 Å². The Morgan fingerprint density at radius 3 is 1.39 bits per heavy atom. The molecule has 2 aromatic rings. The number of H-pyrrole nitrogens is 2. The first-order valence-corrected chi connectivity index (χ1v) is 16.5. The Morgan fingerprint density at radius 2 is 0.947 bits per heavy atom. The van der Waals surface area contributed by atoms with Crippen molar-refractivity contribution in [3.63, 3.8) is 0 Å². The van der Waals surface area contributed by atoms with Crippen LogP contribution < -0.4 is 0 Å². The van der Waals surface area contributed by atoms with Crippen molar-refractivity contribution < 1.29 is 0 Å². The number of nitrogens with one attached hydrogen (secondary N) is 2. The predicted octanol–water partition coefficient (Wildman–Crippen LogP) is 12.0. The fraction of sp³-hybridized carbons (Fsp3) is 0.778. The van der Waals surface area contributed by atoms with E-state index in [1.54, 1.807) is 0 Å². The van der Waals surface area contributed by atoms with Crippen molar-refractivity contribution in [1.29, 1.82) is 0 Å². The molecule has 2 heteroatoms. The fourth-order valence-electron chi connectivity index (χ4n) is 5.74. The number of unbranched alkanes of at least 4 members (excludes halogenated alkanes) is 14. The van der Waals surface area contributed by atoms with Gasteiger partial charge in [0.05, 0.1) is 11.4 Å². The molecule has 0 aromatic carbocycles. The van der Waals surface area contributed by atoms with Gasteiger partial charge in [0.2, 0.25) is 0 Å². The van der Waals surface area contributed by atoms with Gasteiger partial charge >= 0.3 is 0 Å². The maximum absolute atomic E-state index is 3.92. The number of hydrogen-bond donors (Lipinski definition) is 2. The monoisotopic (exact) mass is 525 g/mol. The molecule has 2 aromatic heterocycles. The van der Waals surface area contributed by atoms with Gasteiger partial charge in [0.15, 0.2) is 0 Å². The van der Waals surface area contributed by atoms with Gasteiger partial charge in [0.1, 0.15) is 0 Å². The molecule has 0 aliphatic carbocycles. The van der Waals surface area contributed by atoms with Crippen LogP contribution in [0.2, 0.25) is 0 Å². The second-order valence-electron chi connectivity index (χ2n) is 14.1. The predicted molar refractivity (Wildman–Crippen MR) is 171 cm³/mol. The lowest BCUT2D eigenvalue weighted by molar-refractivity contribution is 0.554. The molecule has 0 aliphatic rings. The van der Waals surface area contributed by atoms with E-state index in [1.165, 1.54) is 149 Å². The smallest absolute Gasteiger partial charge is 0.0654 e. The summed E-state index contributed by atoms with van der Waals surface area (Å²) in [7, 11) is 0. The van der Waals surface area contributed by atoms with Crippen molar-refractivity contribution in [3.05, 3.63) is 34.6 Å². The van der Waals surface area contributed by atoms with Gasteiger partial charge in [-0.05, 0) is 48.9 Å². The van der Waals surface area contributed by atoms with E-state index in [0.717, 1.165) is 0 Å². The van der Waals surface area contributed by atoms with E-state index in [1.807, 2.05) is 0 Å². The molecule has 0 spiro atoms. The molecule has 0 aliphatic heterocycles. The van der Waals surface area contributed by atoms with E-state index in [2.05, 4.69) is 77.5 Å². The van der Waals surface area contributed by atoms with E-state index < -0.39 is 0 Å². The van der Waals surface area contributed by atoms with Crippen LogP contribution in [0.25, 0.3) is 11.4 Å². The van der Waals surface area contributed by atoms with Gasteiger partial charge in [-0.1, -0.05) is 145 Å². The Bertz CT molecular complexity index is 884. The second kappa shape index (κ2) is 16.6. The molecule has 0 bridgehead atoms. The highest BCUT2D eigenvalue weighted by Gasteiger charge is 2.24. The van der Waals surface area contributed by atoms with Gasteiger partial charge in [0, 0.05) is 22.2 Å². The van der Waals surface area contributed by atoms with Crippen LogP contribution in [0.1, 0.15) is 181 Å². The zero-order valence-electron chi connectivity index (χ0n) is 26.9. The van der Waals surface area contributed by atoms with E-state index >= 15 is 0 Å². The van der Waals surface area contributed by atoms with Gasteiger partial charge in [-0.2, -0.15) is 0 Å². The zero-order valence-corrected chi connectivity index (χ0v) is 26.9. The maximum Gasteiger partial charge on any atom is 0.0654 e. The van der Waals surface area contributed by atoms with Crippen LogP contribution in [0.4, 0.5) is 0 Å². The SMILES string of the molecule is CCCCCCCCCCc1cc(C(C)(C)C)[nH]c1-c1cc(CCCCCCCCCC)c(C(C)(C)C)[nH]1. The van der Waals surface area contributed by atoms with Crippen molar-refractivity contribution in [1.82, 2.24) is 9.97 Å². The summed E-state index contributed by atoms with van der Waals surface area (Å²) in [4.78, 5) is 7.79. The lowest BCUT2D eigenvalue weighted by Gasteiger charge is -2.19.